The molecule has 0 spiro atoms. The number of hydrogen-bond acceptors (Lipinski definition) is 3. The second-order valence-electron chi connectivity index (χ2n) is 3.99. The molecule has 0 radical (unpaired) electrons. The number of nitrogens with zero attached hydrogens (tertiary/aromatic N) is 1. The van der Waals surface area contributed by atoms with E-state index in [0.717, 1.165) is 18.2 Å². The van der Waals surface area contributed by atoms with Crippen molar-refractivity contribution in [3.63, 3.8) is 0 Å². The number of aromatic nitrogens is 1. The number of halogens is 4. The van der Waals surface area contributed by atoms with Crippen molar-refractivity contribution in [3.8, 4) is 0 Å². The van der Waals surface area contributed by atoms with Gasteiger partial charge in [-0.15, -0.1) is 0 Å². The number of hydrogen-bond donors (Lipinski definition) is 1. The highest BCUT2D eigenvalue weighted by Gasteiger charge is 2.31. The number of pyridine rings is 1. The zero-order valence-electron chi connectivity index (χ0n) is 10.2. The molecule has 1 aromatic carbocycles. The highest BCUT2D eigenvalue weighted by Crippen LogP contribution is 2.30. The third-order valence-electron chi connectivity index (χ3n) is 2.44. The summed E-state index contributed by atoms with van der Waals surface area (Å²) in [4.78, 5) is 3.32. The van der Waals surface area contributed by atoms with Crippen molar-refractivity contribution in [1.82, 2.24) is 4.98 Å². The lowest BCUT2D eigenvalue weighted by Gasteiger charge is -2.10. The van der Waals surface area contributed by atoms with Crippen LogP contribution in [-0.4, -0.2) is 13.4 Å². The molecule has 0 amide bonds. The van der Waals surface area contributed by atoms with E-state index >= 15 is 0 Å². The van der Waals surface area contributed by atoms with Gasteiger partial charge >= 0.3 is 6.18 Å². The quantitative estimate of drug-likeness (QED) is 0.883. The van der Waals surface area contributed by atoms with Gasteiger partial charge in [-0.2, -0.15) is 13.2 Å². The summed E-state index contributed by atoms with van der Waals surface area (Å²) in [5.41, 5.74) is -1.03. The monoisotopic (exact) mass is 380 g/mol. The highest BCUT2D eigenvalue weighted by molar-refractivity contribution is 9.10. The molecule has 0 saturated heterocycles. The van der Waals surface area contributed by atoms with Crippen LogP contribution < -0.4 is 4.72 Å². The van der Waals surface area contributed by atoms with E-state index in [-0.39, 0.29) is 5.82 Å². The molecule has 1 heterocycles. The van der Waals surface area contributed by atoms with E-state index in [2.05, 4.69) is 25.6 Å². The van der Waals surface area contributed by atoms with E-state index in [4.69, 9.17) is 0 Å². The fraction of sp³-hybridized carbons (Fsp3) is 0.0833. The average Bonchev–Trinajstić information content (AvgIpc) is 2.40. The molecular weight excluding hydrogens is 373 g/mol. The summed E-state index contributed by atoms with van der Waals surface area (Å²) in [7, 11) is -4.14. The second-order valence-corrected chi connectivity index (χ2v) is 6.59. The fourth-order valence-electron chi connectivity index (χ4n) is 1.47. The smallest absolute Gasteiger partial charge is 0.263 e. The van der Waals surface area contributed by atoms with E-state index in [9.17, 15) is 21.6 Å². The van der Waals surface area contributed by atoms with Gasteiger partial charge in [0, 0.05) is 10.7 Å². The Balaban J connectivity index is 2.34. The molecule has 1 aromatic heterocycles. The maximum atomic E-state index is 12.6. The predicted octanol–water partition coefficient (Wildman–Crippen LogP) is 3.66. The summed E-state index contributed by atoms with van der Waals surface area (Å²) in [5.74, 6) is 0.00983. The lowest BCUT2D eigenvalue weighted by molar-refractivity contribution is -0.137. The van der Waals surface area contributed by atoms with Crippen molar-refractivity contribution in [1.29, 1.82) is 0 Å². The van der Waals surface area contributed by atoms with E-state index in [1.54, 1.807) is 6.07 Å². The molecule has 0 fully saturated rings. The largest absolute Gasteiger partial charge is 0.416 e. The van der Waals surface area contributed by atoms with E-state index < -0.39 is 26.7 Å². The molecule has 0 bridgehead atoms. The van der Waals surface area contributed by atoms with Gasteiger partial charge in [0.1, 0.15) is 5.82 Å². The van der Waals surface area contributed by atoms with E-state index in [0.29, 0.717) is 10.5 Å². The molecular formula is C12H8BrF3N2O2S. The Morgan fingerprint density at radius 2 is 1.86 bits per heavy atom. The Morgan fingerprint density at radius 3 is 2.43 bits per heavy atom. The number of benzene rings is 1. The standard InChI is InChI=1S/C12H8BrF3N2O2S/c13-9-4-5-11(17-7-9)18-21(19,20)10-3-1-2-8(6-10)12(14,15)16/h1-7H,(H,17,18). The third-order valence-corrected chi connectivity index (χ3v) is 4.26. The fourth-order valence-corrected chi connectivity index (χ4v) is 2.76. The lowest BCUT2D eigenvalue weighted by atomic mass is 10.2. The summed E-state index contributed by atoms with van der Waals surface area (Å²) in [6, 6.07) is 6.42. The topological polar surface area (TPSA) is 59.1 Å². The Morgan fingerprint density at radius 1 is 1.14 bits per heavy atom. The molecule has 21 heavy (non-hydrogen) atoms. The average molecular weight is 381 g/mol. The molecule has 0 aliphatic rings. The number of anilines is 1. The van der Waals surface area contributed by atoms with E-state index in [1.807, 2.05) is 0 Å². The van der Waals surface area contributed by atoms with Crippen molar-refractivity contribution in [2.24, 2.45) is 0 Å². The molecule has 0 saturated carbocycles. The van der Waals surface area contributed by atoms with Gasteiger partial charge in [-0.1, -0.05) is 6.07 Å². The Labute approximate surface area is 127 Å². The first kappa shape index (κ1) is 15.8. The number of sulfonamides is 1. The van der Waals surface area contributed by atoms with Gasteiger partial charge in [0.2, 0.25) is 0 Å². The second kappa shape index (κ2) is 5.64. The molecule has 0 atom stereocenters. The van der Waals surface area contributed by atoms with Crippen LogP contribution in [0.25, 0.3) is 0 Å². The first-order valence-corrected chi connectivity index (χ1v) is 7.78. The van der Waals surface area contributed by atoms with Gasteiger partial charge < -0.3 is 0 Å². The highest BCUT2D eigenvalue weighted by atomic mass is 79.9. The van der Waals surface area contributed by atoms with Crippen LogP contribution in [0.5, 0.6) is 0 Å². The Bertz CT molecular complexity index is 746. The van der Waals surface area contributed by atoms with Crippen molar-refractivity contribution in [3.05, 3.63) is 52.6 Å². The van der Waals surface area contributed by atoms with Gasteiger partial charge in [-0.05, 0) is 46.3 Å². The van der Waals surface area contributed by atoms with E-state index in [1.165, 1.54) is 12.3 Å². The summed E-state index contributed by atoms with van der Waals surface area (Å²) < 4.78 is 64.6. The van der Waals surface area contributed by atoms with Crippen LogP contribution >= 0.6 is 15.9 Å². The SMILES string of the molecule is O=S(=O)(Nc1ccc(Br)cn1)c1cccc(C(F)(F)F)c1. The molecule has 2 rings (SSSR count). The molecule has 0 unspecified atom stereocenters. The maximum Gasteiger partial charge on any atom is 0.416 e. The summed E-state index contributed by atoms with van der Waals surface area (Å²) in [5, 5.41) is 0. The summed E-state index contributed by atoms with van der Waals surface area (Å²) >= 11 is 3.14. The number of rotatable bonds is 3. The number of alkyl halides is 3. The molecule has 0 aliphatic carbocycles. The van der Waals surface area contributed by atoms with Crippen molar-refractivity contribution >= 4 is 31.8 Å². The minimum atomic E-state index is -4.61. The molecule has 4 nitrogen and oxygen atoms in total. The maximum absolute atomic E-state index is 12.6. The van der Waals surface area contributed by atoms with Gasteiger partial charge in [-0.3, -0.25) is 4.72 Å². The van der Waals surface area contributed by atoms with Crippen LogP contribution in [0.1, 0.15) is 5.56 Å². The Kier molecular flexibility index (Phi) is 4.24. The first-order valence-electron chi connectivity index (χ1n) is 5.50. The molecule has 2 aromatic rings. The van der Waals surface area contributed by atoms with Crippen LogP contribution in [0.15, 0.2) is 52.0 Å². The third kappa shape index (κ3) is 3.94. The van der Waals surface area contributed by atoms with Crippen molar-refractivity contribution in [2.75, 3.05) is 4.72 Å². The van der Waals surface area contributed by atoms with Crippen LogP contribution in [0, 0.1) is 0 Å². The zero-order valence-corrected chi connectivity index (χ0v) is 12.6. The van der Waals surface area contributed by atoms with Crippen LogP contribution in [0.4, 0.5) is 19.0 Å². The summed E-state index contributed by atoms with van der Waals surface area (Å²) in [6.45, 7) is 0. The normalized spacial score (nSPS) is 12.2. The van der Waals surface area contributed by atoms with Gasteiger partial charge in [0.05, 0.1) is 10.5 Å². The van der Waals surface area contributed by atoms with Crippen molar-refractivity contribution in [2.45, 2.75) is 11.1 Å². The molecule has 9 heteroatoms. The predicted molar refractivity (Wildman–Crippen MR) is 74.2 cm³/mol. The molecule has 112 valence electrons. The van der Waals surface area contributed by atoms with Gasteiger partial charge in [0.15, 0.2) is 0 Å². The van der Waals surface area contributed by atoms with Crippen LogP contribution in [-0.2, 0) is 16.2 Å². The van der Waals surface area contributed by atoms with Gasteiger partial charge in [0.25, 0.3) is 10.0 Å². The minimum absolute atomic E-state index is 0.00983. The molecule has 0 aliphatic heterocycles. The van der Waals surface area contributed by atoms with Crippen molar-refractivity contribution < 1.29 is 21.6 Å². The zero-order chi connectivity index (χ0) is 15.7. The minimum Gasteiger partial charge on any atom is -0.263 e. The van der Waals surface area contributed by atoms with Crippen LogP contribution in [0.3, 0.4) is 0 Å². The van der Waals surface area contributed by atoms with Crippen LogP contribution in [0.2, 0.25) is 0 Å². The number of nitrogens with one attached hydrogen (secondary N) is 1. The first-order chi connectivity index (χ1) is 9.68. The Hall–Kier alpha value is -1.61. The molecule has 1 N–H and O–H groups in total. The summed E-state index contributed by atoms with van der Waals surface area (Å²) in [6.07, 6.45) is -3.24. The van der Waals surface area contributed by atoms with Gasteiger partial charge in [-0.25, -0.2) is 13.4 Å². The lowest BCUT2D eigenvalue weighted by Crippen LogP contribution is -2.15.